The van der Waals surface area contributed by atoms with E-state index in [1.165, 1.54) is 12.8 Å². The van der Waals surface area contributed by atoms with Crippen molar-refractivity contribution in [2.75, 3.05) is 19.7 Å². The first-order valence-electron chi connectivity index (χ1n) is 9.99. The molecule has 148 valence electrons. The summed E-state index contributed by atoms with van der Waals surface area (Å²) in [4.78, 5) is 26.7. The number of hydrogen-bond acceptors (Lipinski definition) is 5. The number of nitrogens with one attached hydrogen (secondary N) is 1. The summed E-state index contributed by atoms with van der Waals surface area (Å²) in [6, 6.07) is 0.175. The molecule has 0 amide bonds. The molecule has 1 aliphatic carbocycles. The summed E-state index contributed by atoms with van der Waals surface area (Å²) in [6.07, 6.45) is 8.65. The highest BCUT2D eigenvalue weighted by Crippen LogP contribution is 2.37. The Balaban J connectivity index is 1.45. The molecular formula is C19H28BrN5O2. The van der Waals surface area contributed by atoms with Crippen LogP contribution >= 0.6 is 15.9 Å². The SMILES string of the molecule is CCO[C@H]1CC[C@](C)(N2CCC(n3c(=O)[nH]c4ncc(Br)nc43)CC2)CC1. The van der Waals surface area contributed by atoms with Crippen LogP contribution in [0.3, 0.4) is 0 Å². The van der Waals surface area contributed by atoms with Gasteiger partial charge < -0.3 is 4.74 Å². The molecule has 0 radical (unpaired) electrons. The molecule has 1 saturated carbocycles. The zero-order valence-corrected chi connectivity index (χ0v) is 17.7. The van der Waals surface area contributed by atoms with E-state index in [9.17, 15) is 4.79 Å². The second kappa shape index (κ2) is 7.64. The number of fused-ring (bicyclic) bond motifs is 1. The summed E-state index contributed by atoms with van der Waals surface area (Å²) in [5.74, 6) is 0. The Hall–Kier alpha value is -1.25. The van der Waals surface area contributed by atoms with Gasteiger partial charge in [0.1, 0.15) is 4.60 Å². The minimum atomic E-state index is -0.106. The molecule has 7 nitrogen and oxygen atoms in total. The Bertz CT molecular complexity index is 847. The van der Waals surface area contributed by atoms with E-state index < -0.39 is 0 Å². The monoisotopic (exact) mass is 437 g/mol. The molecule has 8 heteroatoms. The maximum absolute atomic E-state index is 12.5. The topological polar surface area (TPSA) is 76.0 Å². The summed E-state index contributed by atoms with van der Waals surface area (Å²) in [5, 5.41) is 0. The van der Waals surface area contributed by atoms with Gasteiger partial charge in [-0.25, -0.2) is 14.8 Å². The minimum absolute atomic E-state index is 0.106. The van der Waals surface area contributed by atoms with E-state index in [2.05, 4.69) is 49.6 Å². The van der Waals surface area contributed by atoms with Gasteiger partial charge in [-0.2, -0.15) is 0 Å². The highest BCUT2D eigenvalue weighted by Gasteiger charge is 2.38. The van der Waals surface area contributed by atoms with Crippen molar-refractivity contribution < 1.29 is 4.74 Å². The molecule has 0 spiro atoms. The van der Waals surface area contributed by atoms with E-state index in [1.807, 2.05) is 0 Å². The summed E-state index contributed by atoms with van der Waals surface area (Å²) < 4.78 is 8.27. The van der Waals surface area contributed by atoms with Gasteiger partial charge in [0, 0.05) is 31.3 Å². The van der Waals surface area contributed by atoms with Gasteiger partial charge in [0.15, 0.2) is 11.3 Å². The zero-order chi connectivity index (χ0) is 19.0. The lowest BCUT2D eigenvalue weighted by molar-refractivity contribution is -0.0273. The normalized spacial score (nSPS) is 28.0. The standard InChI is InChI=1S/C19H28BrN5O2/c1-3-27-14-4-8-19(2,9-5-14)24-10-6-13(7-11-24)25-17-16(23-18(25)26)21-12-15(20)22-17/h12-14H,3-11H2,1-2H3,(H,21,23,26)/t14-,19-. The van der Waals surface area contributed by atoms with Crippen molar-refractivity contribution in [3.05, 3.63) is 21.3 Å². The molecule has 1 aliphatic heterocycles. The van der Waals surface area contributed by atoms with Crippen LogP contribution in [0.2, 0.25) is 0 Å². The third kappa shape index (κ3) is 3.71. The molecule has 0 unspecified atom stereocenters. The Kier molecular flexibility index (Phi) is 5.40. The van der Waals surface area contributed by atoms with Crippen LogP contribution in [-0.4, -0.2) is 55.8 Å². The highest BCUT2D eigenvalue weighted by atomic mass is 79.9. The maximum atomic E-state index is 12.5. The Morgan fingerprint density at radius 2 is 2.00 bits per heavy atom. The van der Waals surface area contributed by atoms with E-state index in [0.717, 1.165) is 45.4 Å². The molecular weight excluding hydrogens is 410 g/mol. The zero-order valence-electron chi connectivity index (χ0n) is 16.1. The summed E-state index contributed by atoms with van der Waals surface area (Å²) in [6.45, 7) is 7.32. The van der Waals surface area contributed by atoms with Crippen LogP contribution in [0.4, 0.5) is 0 Å². The van der Waals surface area contributed by atoms with Crippen molar-refractivity contribution in [2.24, 2.45) is 0 Å². The number of H-pyrrole nitrogens is 1. The fraction of sp³-hybridized carbons (Fsp3) is 0.737. The van der Waals surface area contributed by atoms with Gasteiger partial charge in [0.2, 0.25) is 0 Å². The molecule has 2 aromatic heterocycles. The highest BCUT2D eigenvalue weighted by molar-refractivity contribution is 9.10. The second-order valence-corrected chi connectivity index (χ2v) is 8.85. The molecule has 3 heterocycles. The van der Waals surface area contributed by atoms with E-state index >= 15 is 0 Å². The van der Waals surface area contributed by atoms with Crippen LogP contribution in [0.15, 0.2) is 15.6 Å². The van der Waals surface area contributed by atoms with E-state index in [4.69, 9.17) is 4.74 Å². The molecule has 4 rings (SSSR count). The molecule has 0 bridgehead atoms. The predicted molar refractivity (Wildman–Crippen MR) is 108 cm³/mol. The average Bonchev–Trinajstić information content (AvgIpc) is 2.99. The van der Waals surface area contributed by atoms with Crippen LogP contribution < -0.4 is 5.69 Å². The van der Waals surface area contributed by atoms with Crippen molar-refractivity contribution in [3.8, 4) is 0 Å². The Morgan fingerprint density at radius 1 is 1.30 bits per heavy atom. The fourth-order valence-corrected chi connectivity index (χ4v) is 5.08. The van der Waals surface area contributed by atoms with Crippen molar-refractivity contribution in [1.29, 1.82) is 0 Å². The van der Waals surface area contributed by atoms with Gasteiger partial charge in [-0.3, -0.25) is 14.5 Å². The van der Waals surface area contributed by atoms with Gasteiger partial charge in [0.05, 0.1) is 12.3 Å². The maximum Gasteiger partial charge on any atom is 0.329 e. The first-order valence-corrected chi connectivity index (χ1v) is 10.8. The summed E-state index contributed by atoms with van der Waals surface area (Å²) in [7, 11) is 0. The van der Waals surface area contributed by atoms with Crippen molar-refractivity contribution >= 4 is 27.2 Å². The van der Waals surface area contributed by atoms with Crippen LogP contribution in [0.5, 0.6) is 0 Å². The lowest BCUT2D eigenvalue weighted by Crippen LogP contribution is -2.53. The van der Waals surface area contributed by atoms with Crippen LogP contribution in [0, 0.1) is 0 Å². The predicted octanol–water partition coefficient (Wildman–Crippen LogP) is 3.26. The van der Waals surface area contributed by atoms with E-state index in [-0.39, 0.29) is 17.3 Å². The number of imidazole rings is 1. The third-order valence-electron chi connectivity index (χ3n) is 6.40. The molecule has 0 aromatic carbocycles. The van der Waals surface area contributed by atoms with Gasteiger partial charge in [0.25, 0.3) is 0 Å². The lowest BCUT2D eigenvalue weighted by Gasteiger charge is -2.48. The van der Waals surface area contributed by atoms with Crippen LogP contribution in [-0.2, 0) is 4.74 Å². The number of piperidine rings is 1. The number of ether oxygens (including phenoxy) is 1. The fourth-order valence-electron chi connectivity index (χ4n) is 4.81. The number of rotatable bonds is 4. The molecule has 2 aromatic rings. The Labute approximate surface area is 167 Å². The van der Waals surface area contributed by atoms with Gasteiger partial charge in [-0.05, 0) is 68.3 Å². The molecule has 1 N–H and O–H groups in total. The van der Waals surface area contributed by atoms with Gasteiger partial charge in [-0.15, -0.1) is 0 Å². The van der Waals surface area contributed by atoms with Gasteiger partial charge in [-0.1, -0.05) is 0 Å². The molecule has 27 heavy (non-hydrogen) atoms. The largest absolute Gasteiger partial charge is 0.379 e. The van der Waals surface area contributed by atoms with Gasteiger partial charge >= 0.3 is 5.69 Å². The smallest absolute Gasteiger partial charge is 0.329 e. The van der Waals surface area contributed by atoms with Crippen LogP contribution in [0.1, 0.15) is 58.4 Å². The number of aromatic nitrogens is 4. The first-order chi connectivity index (χ1) is 13.0. The molecule has 2 aliphatic rings. The summed E-state index contributed by atoms with van der Waals surface area (Å²) >= 11 is 3.36. The van der Waals surface area contributed by atoms with Crippen molar-refractivity contribution in [3.63, 3.8) is 0 Å². The third-order valence-corrected chi connectivity index (χ3v) is 6.78. The first kappa shape index (κ1) is 19.1. The number of hydrogen-bond donors (Lipinski definition) is 1. The van der Waals surface area contributed by atoms with E-state index in [1.54, 1.807) is 10.8 Å². The van der Waals surface area contributed by atoms with E-state index in [0.29, 0.717) is 22.0 Å². The number of aromatic amines is 1. The number of halogens is 1. The number of nitrogens with zero attached hydrogens (tertiary/aromatic N) is 4. The molecule has 2 fully saturated rings. The number of likely N-dealkylation sites (tertiary alicyclic amines) is 1. The summed E-state index contributed by atoms with van der Waals surface area (Å²) in [5.41, 5.74) is 1.36. The molecule has 1 saturated heterocycles. The van der Waals surface area contributed by atoms with Crippen molar-refractivity contribution in [1.82, 2.24) is 24.4 Å². The molecule has 0 atom stereocenters. The quantitative estimate of drug-likeness (QED) is 0.793. The second-order valence-electron chi connectivity index (χ2n) is 8.03. The average molecular weight is 438 g/mol. The lowest BCUT2D eigenvalue weighted by atomic mass is 9.79. The van der Waals surface area contributed by atoms with Crippen molar-refractivity contribution in [2.45, 2.75) is 70.1 Å². The Morgan fingerprint density at radius 3 is 2.67 bits per heavy atom. The minimum Gasteiger partial charge on any atom is -0.379 e. The van der Waals surface area contributed by atoms with Crippen LogP contribution in [0.25, 0.3) is 11.3 Å².